The van der Waals surface area contributed by atoms with Crippen molar-refractivity contribution in [3.8, 4) is 5.75 Å². The summed E-state index contributed by atoms with van der Waals surface area (Å²) < 4.78 is 38.4. The molecule has 1 unspecified atom stereocenters. The molecule has 1 fully saturated rings. The van der Waals surface area contributed by atoms with Gasteiger partial charge in [0.15, 0.2) is 11.8 Å². The number of azo groups is 1. The van der Waals surface area contributed by atoms with Gasteiger partial charge in [-0.25, -0.2) is 4.98 Å². The van der Waals surface area contributed by atoms with Crippen LogP contribution in [-0.2, 0) is 51.9 Å². The zero-order valence-electron chi connectivity index (χ0n) is 36.6. The highest BCUT2D eigenvalue weighted by Gasteiger charge is 2.34. The molecule has 1 aliphatic heterocycles. The summed E-state index contributed by atoms with van der Waals surface area (Å²) in [5.74, 6) is -6.07. The van der Waals surface area contributed by atoms with Crippen molar-refractivity contribution in [1.29, 1.82) is 0 Å². The summed E-state index contributed by atoms with van der Waals surface area (Å²) in [6.45, 7) is 3.11. The lowest BCUT2D eigenvalue weighted by molar-refractivity contribution is -0.141. The number of carboxylic acid groups (broad SMARTS) is 1. The molecular formula is C42H54N12O12S. The van der Waals surface area contributed by atoms with E-state index < -0.39 is 94.6 Å². The van der Waals surface area contributed by atoms with Crippen LogP contribution in [0.25, 0.3) is 0 Å². The van der Waals surface area contributed by atoms with Gasteiger partial charge in [0.25, 0.3) is 16.0 Å². The predicted octanol–water partition coefficient (Wildman–Crippen LogP) is -0.393. The lowest BCUT2D eigenvalue weighted by Crippen LogP contribution is -2.59. The van der Waals surface area contributed by atoms with Crippen LogP contribution in [0, 0.1) is 5.92 Å². The number of nitrogens with one attached hydrogen (secondary N) is 6. The van der Waals surface area contributed by atoms with E-state index >= 15 is 0 Å². The molecule has 3 aromatic rings. The molecular weight excluding hydrogens is 897 g/mol. The highest BCUT2D eigenvalue weighted by atomic mass is 32.2. The van der Waals surface area contributed by atoms with Crippen LogP contribution in [0.4, 0.5) is 5.82 Å². The maximum atomic E-state index is 13.8. The number of amides is 6. The summed E-state index contributed by atoms with van der Waals surface area (Å²) in [6, 6.07) is 9.87. The Labute approximate surface area is 385 Å². The van der Waals surface area contributed by atoms with Gasteiger partial charge < -0.3 is 53.2 Å². The molecule has 0 bridgehead atoms. The van der Waals surface area contributed by atoms with Crippen LogP contribution in [0.2, 0.25) is 0 Å². The summed E-state index contributed by atoms with van der Waals surface area (Å²) in [7, 11) is -4.43. The van der Waals surface area contributed by atoms with Crippen LogP contribution in [0.5, 0.6) is 5.75 Å². The number of carbonyl (C=O) groups excluding carboxylic acids is 6. The minimum Gasteiger partial charge on any atom is -0.494 e. The molecule has 0 saturated carbocycles. The second-order valence-corrected chi connectivity index (χ2v) is 16.8. The van der Waals surface area contributed by atoms with Crippen molar-refractivity contribution >= 4 is 63.3 Å². The molecule has 4 atom stereocenters. The molecule has 6 amide bonds. The number of guanidine groups is 1. The lowest BCUT2D eigenvalue weighted by Gasteiger charge is -2.27. The van der Waals surface area contributed by atoms with Gasteiger partial charge in [0, 0.05) is 25.7 Å². The Morgan fingerprint density at radius 3 is 2.24 bits per heavy atom. The largest absolute Gasteiger partial charge is 0.494 e. The minimum absolute atomic E-state index is 0.0472. The first-order chi connectivity index (χ1) is 31.8. The van der Waals surface area contributed by atoms with Crippen LogP contribution in [0.1, 0.15) is 61.0 Å². The molecule has 4 rings (SSSR count). The molecule has 1 saturated heterocycles. The highest BCUT2D eigenvalue weighted by molar-refractivity contribution is 7.85. The second-order valence-electron chi connectivity index (χ2n) is 15.4. The zero-order chi connectivity index (χ0) is 49.1. The number of pyridine rings is 1. The molecule has 0 radical (unpaired) electrons. The van der Waals surface area contributed by atoms with Crippen molar-refractivity contribution in [2.24, 2.45) is 32.6 Å². The Hall–Kier alpha value is -7.54. The highest BCUT2D eigenvalue weighted by Crippen LogP contribution is 2.18. The molecule has 0 aliphatic carbocycles. The number of carbonyl (C=O) groups is 7. The molecule has 360 valence electrons. The minimum atomic E-state index is -4.43. The Morgan fingerprint density at radius 2 is 1.58 bits per heavy atom. The van der Waals surface area contributed by atoms with Gasteiger partial charge in [-0.15, -0.1) is 5.11 Å². The van der Waals surface area contributed by atoms with Crippen LogP contribution < -0.4 is 48.1 Å². The normalized spacial score (nSPS) is 18.6. The van der Waals surface area contributed by atoms with Crippen molar-refractivity contribution < 1.29 is 56.4 Å². The molecule has 2 heterocycles. The summed E-state index contributed by atoms with van der Waals surface area (Å²) >= 11 is 0. The Bertz CT molecular complexity index is 2410. The van der Waals surface area contributed by atoms with Gasteiger partial charge >= 0.3 is 5.97 Å². The number of benzene rings is 2. The van der Waals surface area contributed by atoms with Crippen molar-refractivity contribution in [3.63, 3.8) is 0 Å². The molecule has 1 aliphatic rings. The number of hydrogen-bond acceptors (Lipinski definition) is 14. The van der Waals surface area contributed by atoms with E-state index in [-0.39, 0.29) is 73.3 Å². The average Bonchev–Trinajstić information content (AvgIpc) is 3.27. The standard InChI is InChI=1S/C42H54N12O12S/c1-24(2)36-41(62)52-30(40(61)51-31(20-35(56)57)38(59)48-23-34(55)50-29(39(60)53-36)8-5-16-46-42(43)44)19-25-10-13-28(14-11-25)66-18-6-17-45-37(58)27-12-15-33(47-21-27)54-49-22-26-7-3-4-9-32(26)67(63,64)65/h3-4,7,9-15,21,24,29-31,36H,5-6,8,16-20,22-23H2,1-2H3,(H,45,58)(H,48,59)(H,50,55)(H,51,61)(H,52,62)(H,53,60)(H,56,57)(H4,43,44,46)(H,63,64,65)/t29?,30-,31-,36-/m1/s1. The zero-order valence-corrected chi connectivity index (χ0v) is 37.5. The molecule has 2 aromatic carbocycles. The molecule has 0 spiro atoms. The first kappa shape index (κ1) is 52.1. The summed E-state index contributed by atoms with van der Waals surface area (Å²) in [5, 5.41) is 32.6. The maximum Gasteiger partial charge on any atom is 0.305 e. The van der Waals surface area contributed by atoms with Crippen LogP contribution in [0.3, 0.4) is 0 Å². The molecule has 24 nitrogen and oxygen atoms in total. The van der Waals surface area contributed by atoms with Crippen molar-refractivity contribution in [3.05, 3.63) is 83.6 Å². The van der Waals surface area contributed by atoms with Crippen LogP contribution in [0.15, 0.2) is 87.0 Å². The molecule has 25 heteroatoms. The van der Waals surface area contributed by atoms with E-state index in [1.54, 1.807) is 44.2 Å². The van der Waals surface area contributed by atoms with E-state index in [1.165, 1.54) is 36.5 Å². The van der Waals surface area contributed by atoms with Gasteiger partial charge in [0.2, 0.25) is 29.5 Å². The van der Waals surface area contributed by atoms with E-state index in [9.17, 15) is 51.6 Å². The number of aromatic nitrogens is 1. The van der Waals surface area contributed by atoms with Gasteiger partial charge in [-0.05, 0) is 66.6 Å². The average molecular weight is 951 g/mol. The fraction of sp³-hybridized carbons (Fsp3) is 0.405. The third kappa shape index (κ3) is 17.4. The number of rotatable bonds is 19. The third-order valence-corrected chi connectivity index (χ3v) is 10.8. The smallest absolute Gasteiger partial charge is 0.305 e. The number of aliphatic carboxylic acids is 1. The molecule has 67 heavy (non-hydrogen) atoms. The number of aliphatic imine (C=N–C) groups is 1. The van der Waals surface area contributed by atoms with Crippen molar-refractivity contribution in [2.75, 3.05) is 26.2 Å². The Morgan fingerprint density at radius 1 is 0.881 bits per heavy atom. The SMILES string of the molecule is CC(C)[C@H]1NC(=O)C(CCCN=C(N)N)NC(=O)CNC(=O)[C@@H](CC(=O)O)NC(=O)[C@@H](Cc2ccc(OCCCNC(=O)c3ccc(N=NCc4ccccc4S(=O)(=O)O)nc3)cc2)NC1=O. The first-order valence-corrected chi connectivity index (χ1v) is 22.4. The van der Waals surface area contributed by atoms with Crippen LogP contribution in [-0.4, -0.2) is 121 Å². The van der Waals surface area contributed by atoms with Crippen molar-refractivity contribution in [1.82, 2.24) is 36.9 Å². The van der Waals surface area contributed by atoms with E-state index in [2.05, 4.69) is 52.1 Å². The van der Waals surface area contributed by atoms with Gasteiger partial charge in [-0.3, -0.25) is 43.1 Å². The van der Waals surface area contributed by atoms with Gasteiger partial charge in [0.1, 0.15) is 29.9 Å². The number of nitrogens with zero attached hydrogens (tertiary/aromatic N) is 4. The lowest BCUT2D eigenvalue weighted by atomic mass is 9.99. The molecule has 1 aromatic heterocycles. The molecule has 12 N–H and O–H groups in total. The Balaban J connectivity index is 1.36. The van der Waals surface area contributed by atoms with E-state index in [4.69, 9.17) is 16.2 Å². The summed E-state index contributed by atoms with van der Waals surface area (Å²) in [5.41, 5.74) is 11.8. The number of ether oxygens (including phenoxy) is 1. The van der Waals surface area contributed by atoms with Crippen molar-refractivity contribution in [2.45, 2.75) is 81.6 Å². The quantitative estimate of drug-likeness (QED) is 0.0240. The van der Waals surface area contributed by atoms with E-state index in [1.807, 2.05) is 0 Å². The number of carboxylic acids is 1. The number of nitrogens with two attached hydrogens (primary N) is 2. The van der Waals surface area contributed by atoms with Gasteiger partial charge in [0.05, 0.1) is 36.6 Å². The van der Waals surface area contributed by atoms with E-state index in [0.717, 1.165) is 0 Å². The third-order valence-electron chi connectivity index (χ3n) is 9.83. The van der Waals surface area contributed by atoms with Crippen LogP contribution >= 0.6 is 0 Å². The number of hydrogen-bond donors (Lipinski definition) is 10. The fourth-order valence-electron chi connectivity index (χ4n) is 6.40. The summed E-state index contributed by atoms with van der Waals surface area (Å²) in [4.78, 5) is 99.1. The topological polar surface area (TPSA) is 378 Å². The Kier molecular flexibility index (Phi) is 19.6. The van der Waals surface area contributed by atoms with Gasteiger partial charge in [-0.2, -0.15) is 13.5 Å². The predicted molar refractivity (Wildman–Crippen MR) is 239 cm³/mol. The van der Waals surface area contributed by atoms with E-state index in [0.29, 0.717) is 17.7 Å². The van der Waals surface area contributed by atoms with Gasteiger partial charge in [-0.1, -0.05) is 44.2 Å². The second kappa shape index (κ2) is 25.2. The maximum absolute atomic E-state index is 13.8. The monoisotopic (exact) mass is 950 g/mol. The summed E-state index contributed by atoms with van der Waals surface area (Å²) in [6.07, 6.45) is 1.03. The first-order valence-electron chi connectivity index (χ1n) is 20.9. The fourth-order valence-corrected chi connectivity index (χ4v) is 7.11.